The van der Waals surface area contributed by atoms with Gasteiger partial charge in [0.15, 0.2) is 0 Å². The summed E-state index contributed by atoms with van der Waals surface area (Å²) in [5.74, 6) is 0.0213. The van der Waals surface area contributed by atoms with E-state index >= 15 is 0 Å². The zero-order chi connectivity index (χ0) is 7.61. The molecule has 1 aromatic rings. The summed E-state index contributed by atoms with van der Waals surface area (Å²) < 4.78 is 26.4. The Hall–Kier alpha value is -0.840. The molecule has 0 aliphatic rings. The number of oxazole rings is 1. The zero-order valence-corrected chi connectivity index (χ0v) is 6.26. The smallest absolute Gasteiger partial charge is 0.314 e. The van der Waals surface area contributed by atoms with Gasteiger partial charge in [-0.3, -0.25) is 0 Å². The van der Waals surface area contributed by atoms with E-state index in [4.69, 9.17) is 0 Å². The third-order valence-electron chi connectivity index (χ3n) is 1.06. The Morgan fingerprint density at radius 2 is 2.40 bits per heavy atom. The van der Waals surface area contributed by atoms with Gasteiger partial charge in [0.25, 0.3) is 0 Å². The molecule has 5 heteroatoms. The van der Waals surface area contributed by atoms with Gasteiger partial charge in [-0.05, 0) is 0 Å². The molecule has 0 fully saturated rings. The number of rotatable bonds is 2. The highest BCUT2D eigenvalue weighted by Crippen LogP contribution is 2.05. The average molecular weight is 161 g/mol. The summed E-state index contributed by atoms with van der Waals surface area (Å²) >= 11 is 0. The lowest BCUT2D eigenvalue weighted by atomic mass is 11.0. The van der Waals surface area contributed by atoms with Gasteiger partial charge < -0.3 is 4.42 Å². The molecular formula is C5H7NO3S. The fourth-order valence-electron chi connectivity index (χ4n) is 0.487. The molecule has 56 valence electrons. The minimum absolute atomic E-state index is 0.0213. The SMILES string of the molecule is CCS(=O)(=O)c1ncco1. The third kappa shape index (κ3) is 1.18. The van der Waals surface area contributed by atoms with E-state index in [1.54, 1.807) is 6.92 Å². The molecule has 0 atom stereocenters. The number of aromatic nitrogens is 1. The van der Waals surface area contributed by atoms with Crippen molar-refractivity contribution in [2.45, 2.75) is 12.1 Å². The van der Waals surface area contributed by atoms with E-state index in [2.05, 4.69) is 9.40 Å². The van der Waals surface area contributed by atoms with Crippen molar-refractivity contribution in [2.75, 3.05) is 5.75 Å². The van der Waals surface area contributed by atoms with Gasteiger partial charge in [0, 0.05) is 0 Å². The molecule has 0 radical (unpaired) electrons. The lowest BCUT2D eigenvalue weighted by molar-refractivity contribution is 0.430. The van der Waals surface area contributed by atoms with Crippen LogP contribution in [0.1, 0.15) is 6.92 Å². The highest BCUT2D eigenvalue weighted by atomic mass is 32.2. The summed E-state index contributed by atoms with van der Waals surface area (Å²) in [6.07, 6.45) is 2.55. The summed E-state index contributed by atoms with van der Waals surface area (Å²) in [5.41, 5.74) is 0. The van der Waals surface area contributed by atoms with E-state index in [0.29, 0.717) is 0 Å². The van der Waals surface area contributed by atoms with Gasteiger partial charge in [-0.1, -0.05) is 6.92 Å². The van der Waals surface area contributed by atoms with E-state index in [1.165, 1.54) is 12.5 Å². The Morgan fingerprint density at radius 3 is 2.80 bits per heavy atom. The Labute approximate surface area is 58.8 Å². The lowest BCUT2D eigenvalue weighted by Gasteiger charge is -1.90. The molecule has 0 spiro atoms. The topological polar surface area (TPSA) is 60.2 Å². The summed E-state index contributed by atoms with van der Waals surface area (Å²) in [7, 11) is -3.23. The largest absolute Gasteiger partial charge is 0.437 e. The number of sulfone groups is 1. The fourth-order valence-corrected chi connectivity index (χ4v) is 1.16. The average Bonchev–Trinajstić information content (AvgIpc) is 2.38. The minimum Gasteiger partial charge on any atom is -0.437 e. The molecule has 0 amide bonds. The molecule has 1 rings (SSSR count). The van der Waals surface area contributed by atoms with E-state index in [0.717, 1.165) is 0 Å². The minimum atomic E-state index is -3.23. The van der Waals surface area contributed by atoms with Crippen LogP contribution in [-0.4, -0.2) is 19.2 Å². The molecule has 0 bridgehead atoms. The van der Waals surface area contributed by atoms with Crippen molar-refractivity contribution in [2.24, 2.45) is 0 Å². The first-order valence-electron chi connectivity index (χ1n) is 2.79. The van der Waals surface area contributed by atoms with Crippen LogP contribution in [0.3, 0.4) is 0 Å². The van der Waals surface area contributed by atoms with E-state index in [-0.39, 0.29) is 11.0 Å². The van der Waals surface area contributed by atoms with E-state index in [1.807, 2.05) is 0 Å². The standard InChI is InChI=1S/C5H7NO3S/c1-2-10(7,8)5-6-3-4-9-5/h3-4H,2H2,1H3. The summed E-state index contributed by atoms with van der Waals surface area (Å²) in [5, 5.41) is -0.199. The molecule has 0 aromatic carbocycles. The van der Waals surface area contributed by atoms with Crippen LogP contribution in [0, 0.1) is 0 Å². The Bertz CT molecular complexity index is 287. The summed E-state index contributed by atoms with van der Waals surface area (Å²) in [6.45, 7) is 1.54. The fraction of sp³-hybridized carbons (Fsp3) is 0.400. The van der Waals surface area contributed by atoms with Crippen LogP contribution in [0.25, 0.3) is 0 Å². The molecule has 0 aliphatic carbocycles. The quantitative estimate of drug-likeness (QED) is 0.632. The maximum Gasteiger partial charge on any atom is 0.314 e. The molecular weight excluding hydrogens is 154 g/mol. The highest BCUT2D eigenvalue weighted by Gasteiger charge is 2.15. The number of hydrogen-bond donors (Lipinski definition) is 0. The number of nitrogens with zero attached hydrogens (tertiary/aromatic N) is 1. The van der Waals surface area contributed by atoms with Crippen molar-refractivity contribution in [1.29, 1.82) is 0 Å². The molecule has 0 saturated heterocycles. The molecule has 10 heavy (non-hydrogen) atoms. The summed E-state index contributed by atoms with van der Waals surface area (Å²) in [6, 6.07) is 0. The first-order valence-corrected chi connectivity index (χ1v) is 4.44. The predicted octanol–water partition coefficient (Wildman–Crippen LogP) is 0.468. The maximum atomic E-state index is 10.9. The van der Waals surface area contributed by atoms with Crippen molar-refractivity contribution >= 4 is 9.84 Å². The van der Waals surface area contributed by atoms with Gasteiger partial charge >= 0.3 is 5.22 Å². The van der Waals surface area contributed by atoms with Crippen molar-refractivity contribution < 1.29 is 12.8 Å². The van der Waals surface area contributed by atoms with Crippen LogP contribution in [-0.2, 0) is 9.84 Å². The van der Waals surface area contributed by atoms with Crippen LogP contribution in [0.5, 0.6) is 0 Å². The van der Waals surface area contributed by atoms with E-state index in [9.17, 15) is 8.42 Å². The van der Waals surface area contributed by atoms with Gasteiger partial charge in [0.05, 0.1) is 11.9 Å². The second-order valence-corrected chi connectivity index (χ2v) is 3.86. The molecule has 0 N–H and O–H groups in total. The Kier molecular flexibility index (Phi) is 1.76. The Morgan fingerprint density at radius 1 is 1.70 bits per heavy atom. The molecule has 1 heterocycles. The second kappa shape index (κ2) is 2.42. The van der Waals surface area contributed by atoms with Crippen LogP contribution in [0.15, 0.2) is 22.1 Å². The summed E-state index contributed by atoms with van der Waals surface area (Å²) in [4.78, 5) is 3.50. The molecule has 0 saturated carbocycles. The molecule has 0 unspecified atom stereocenters. The van der Waals surface area contributed by atoms with E-state index < -0.39 is 9.84 Å². The normalized spacial score (nSPS) is 11.7. The van der Waals surface area contributed by atoms with Gasteiger partial charge in [-0.2, -0.15) is 0 Å². The van der Waals surface area contributed by atoms with Crippen LogP contribution >= 0.6 is 0 Å². The second-order valence-electron chi connectivity index (χ2n) is 1.70. The lowest BCUT2D eigenvalue weighted by Crippen LogP contribution is -2.03. The van der Waals surface area contributed by atoms with Gasteiger partial charge in [0.1, 0.15) is 6.26 Å². The third-order valence-corrected chi connectivity index (χ3v) is 2.55. The first-order chi connectivity index (χ1) is 4.67. The van der Waals surface area contributed by atoms with Crippen molar-refractivity contribution in [3.05, 3.63) is 12.5 Å². The van der Waals surface area contributed by atoms with Crippen molar-refractivity contribution in [3.63, 3.8) is 0 Å². The molecule has 4 nitrogen and oxygen atoms in total. The maximum absolute atomic E-state index is 10.9. The number of hydrogen-bond acceptors (Lipinski definition) is 4. The monoisotopic (exact) mass is 161 g/mol. The van der Waals surface area contributed by atoms with Crippen LogP contribution in [0.4, 0.5) is 0 Å². The Balaban J connectivity index is 3.09. The molecule has 1 aromatic heterocycles. The first kappa shape index (κ1) is 7.27. The van der Waals surface area contributed by atoms with Gasteiger partial charge in [0.2, 0.25) is 9.84 Å². The van der Waals surface area contributed by atoms with Crippen LogP contribution < -0.4 is 0 Å². The van der Waals surface area contributed by atoms with Crippen molar-refractivity contribution in [3.8, 4) is 0 Å². The van der Waals surface area contributed by atoms with Crippen molar-refractivity contribution in [1.82, 2.24) is 4.98 Å². The zero-order valence-electron chi connectivity index (χ0n) is 5.44. The van der Waals surface area contributed by atoms with Gasteiger partial charge in [-0.15, -0.1) is 0 Å². The van der Waals surface area contributed by atoms with Gasteiger partial charge in [-0.25, -0.2) is 13.4 Å². The highest BCUT2D eigenvalue weighted by molar-refractivity contribution is 7.91. The predicted molar refractivity (Wildman–Crippen MR) is 34.2 cm³/mol. The molecule has 0 aliphatic heterocycles. The van der Waals surface area contributed by atoms with Crippen LogP contribution in [0.2, 0.25) is 0 Å².